The van der Waals surface area contributed by atoms with Crippen molar-refractivity contribution in [3.8, 4) is 0 Å². The Labute approximate surface area is 140 Å². The largest absolute Gasteiger partial charge is 0.337 e. The molecule has 3 heterocycles. The van der Waals surface area contributed by atoms with Crippen LogP contribution >= 0.6 is 0 Å². The number of fused-ring (bicyclic) bond motifs is 2. The predicted molar refractivity (Wildman–Crippen MR) is 86.7 cm³/mol. The van der Waals surface area contributed by atoms with Gasteiger partial charge in [-0.05, 0) is 43.7 Å². The minimum Gasteiger partial charge on any atom is -0.337 e. The van der Waals surface area contributed by atoms with Crippen molar-refractivity contribution in [1.82, 2.24) is 19.7 Å². The summed E-state index contributed by atoms with van der Waals surface area (Å²) in [5, 5.41) is 4.25. The number of halogens is 1. The van der Waals surface area contributed by atoms with Crippen LogP contribution < -0.4 is 0 Å². The van der Waals surface area contributed by atoms with Gasteiger partial charge < -0.3 is 4.90 Å². The van der Waals surface area contributed by atoms with Gasteiger partial charge in [-0.25, -0.2) is 14.1 Å². The molecule has 5 nitrogen and oxygen atoms in total. The Bertz CT molecular complexity index is 704. The smallest absolute Gasteiger partial charge is 0.223 e. The Kier molecular flexibility index (Phi) is 4.04. The van der Waals surface area contributed by atoms with Crippen LogP contribution in [0, 0.1) is 5.82 Å². The van der Waals surface area contributed by atoms with Gasteiger partial charge in [0, 0.05) is 18.5 Å². The van der Waals surface area contributed by atoms with E-state index in [1.54, 1.807) is 24.8 Å². The molecule has 1 amide bonds. The van der Waals surface area contributed by atoms with Crippen molar-refractivity contribution >= 4 is 5.91 Å². The second-order valence-corrected chi connectivity index (χ2v) is 6.78. The Balaban J connectivity index is 1.40. The standard InChI is InChI=1S/C18H21FN4O/c19-17-4-2-1-3-13(17)5-8-18(24)23-14-6-7-15(23)10-16(9-14)22-12-20-11-21-22/h1-4,11-12,14-16H,5-10H2. The van der Waals surface area contributed by atoms with Crippen LogP contribution in [-0.4, -0.2) is 37.7 Å². The van der Waals surface area contributed by atoms with E-state index < -0.39 is 0 Å². The molecule has 0 saturated carbocycles. The van der Waals surface area contributed by atoms with E-state index in [2.05, 4.69) is 15.0 Å². The van der Waals surface area contributed by atoms with Crippen molar-refractivity contribution in [3.63, 3.8) is 0 Å². The highest BCUT2D eigenvalue weighted by Crippen LogP contribution is 2.40. The maximum Gasteiger partial charge on any atom is 0.223 e. The van der Waals surface area contributed by atoms with E-state index in [4.69, 9.17) is 0 Å². The lowest BCUT2D eigenvalue weighted by molar-refractivity contribution is -0.136. The maximum atomic E-state index is 13.7. The number of amides is 1. The second-order valence-electron chi connectivity index (χ2n) is 6.78. The third-order valence-electron chi connectivity index (χ3n) is 5.37. The summed E-state index contributed by atoms with van der Waals surface area (Å²) in [6.45, 7) is 0. The zero-order chi connectivity index (χ0) is 16.5. The van der Waals surface area contributed by atoms with E-state index in [0.717, 1.165) is 25.7 Å². The zero-order valence-electron chi connectivity index (χ0n) is 13.5. The number of hydrogen-bond acceptors (Lipinski definition) is 3. The Morgan fingerprint density at radius 1 is 1.17 bits per heavy atom. The summed E-state index contributed by atoms with van der Waals surface area (Å²) >= 11 is 0. The summed E-state index contributed by atoms with van der Waals surface area (Å²) in [5.74, 6) is -0.0686. The topological polar surface area (TPSA) is 51.0 Å². The molecular weight excluding hydrogens is 307 g/mol. The van der Waals surface area contributed by atoms with Crippen LogP contribution in [0.3, 0.4) is 0 Å². The van der Waals surface area contributed by atoms with Crippen LogP contribution in [0.15, 0.2) is 36.9 Å². The summed E-state index contributed by atoms with van der Waals surface area (Å²) in [7, 11) is 0. The number of carbonyl (C=O) groups excluding carboxylic acids is 1. The summed E-state index contributed by atoms with van der Waals surface area (Å²) in [4.78, 5) is 18.8. The highest BCUT2D eigenvalue weighted by Gasteiger charge is 2.43. The number of rotatable bonds is 4. The Morgan fingerprint density at radius 2 is 1.92 bits per heavy atom. The molecule has 2 aliphatic heterocycles. The average Bonchev–Trinajstić information content (AvgIpc) is 3.21. The first kappa shape index (κ1) is 15.3. The fourth-order valence-electron chi connectivity index (χ4n) is 4.25. The highest BCUT2D eigenvalue weighted by molar-refractivity contribution is 5.77. The molecule has 2 aliphatic rings. The molecule has 1 aromatic carbocycles. The van der Waals surface area contributed by atoms with E-state index in [1.807, 2.05) is 10.7 Å². The normalized spacial score (nSPS) is 25.9. The van der Waals surface area contributed by atoms with E-state index in [-0.39, 0.29) is 23.8 Å². The van der Waals surface area contributed by atoms with Crippen molar-refractivity contribution in [3.05, 3.63) is 48.3 Å². The van der Waals surface area contributed by atoms with Gasteiger partial charge in [-0.15, -0.1) is 0 Å². The zero-order valence-corrected chi connectivity index (χ0v) is 13.5. The highest BCUT2D eigenvalue weighted by atomic mass is 19.1. The maximum absolute atomic E-state index is 13.7. The lowest BCUT2D eigenvalue weighted by atomic mass is 9.96. The van der Waals surface area contributed by atoms with Crippen LogP contribution in [0.5, 0.6) is 0 Å². The number of carbonyl (C=O) groups is 1. The Morgan fingerprint density at radius 3 is 2.58 bits per heavy atom. The number of nitrogens with zero attached hydrogens (tertiary/aromatic N) is 4. The van der Waals surface area contributed by atoms with E-state index in [9.17, 15) is 9.18 Å². The van der Waals surface area contributed by atoms with Gasteiger partial charge in [0.2, 0.25) is 5.91 Å². The molecule has 24 heavy (non-hydrogen) atoms. The van der Waals surface area contributed by atoms with Crippen LogP contribution in [0.4, 0.5) is 4.39 Å². The molecule has 2 aromatic rings. The molecule has 6 heteroatoms. The average molecular weight is 328 g/mol. The van der Waals surface area contributed by atoms with Gasteiger partial charge in [0.15, 0.2) is 0 Å². The molecule has 4 rings (SSSR count). The van der Waals surface area contributed by atoms with E-state index in [1.165, 1.54) is 6.07 Å². The van der Waals surface area contributed by atoms with Gasteiger partial charge >= 0.3 is 0 Å². The number of aromatic nitrogens is 3. The van der Waals surface area contributed by atoms with Gasteiger partial charge in [-0.3, -0.25) is 4.79 Å². The number of hydrogen-bond donors (Lipinski definition) is 0. The van der Waals surface area contributed by atoms with Gasteiger partial charge in [-0.2, -0.15) is 5.10 Å². The first-order valence-corrected chi connectivity index (χ1v) is 8.61. The SMILES string of the molecule is O=C(CCc1ccccc1F)N1C2CCC1CC(n1cncn1)C2. The molecule has 2 saturated heterocycles. The first-order valence-electron chi connectivity index (χ1n) is 8.61. The summed E-state index contributed by atoms with van der Waals surface area (Å²) in [6.07, 6.45) is 8.16. The first-order chi connectivity index (χ1) is 11.7. The lowest BCUT2D eigenvalue weighted by Crippen LogP contribution is -2.47. The van der Waals surface area contributed by atoms with Gasteiger partial charge in [-0.1, -0.05) is 18.2 Å². The number of piperidine rings is 1. The summed E-state index contributed by atoms with van der Waals surface area (Å²) in [5.41, 5.74) is 0.621. The van der Waals surface area contributed by atoms with Crippen LogP contribution in [0.1, 0.15) is 43.7 Å². The van der Waals surface area contributed by atoms with Crippen molar-refractivity contribution in [2.24, 2.45) is 0 Å². The molecule has 126 valence electrons. The number of aryl methyl sites for hydroxylation is 1. The second kappa shape index (κ2) is 6.34. The molecule has 1 aromatic heterocycles. The van der Waals surface area contributed by atoms with Crippen molar-refractivity contribution in [2.75, 3.05) is 0 Å². The van der Waals surface area contributed by atoms with Gasteiger partial charge in [0.05, 0.1) is 6.04 Å². The monoisotopic (exact) mass is 328 g/mol. The third kappa shape index (κ3) is 2.81. The van der Waals surface area contributed by atoms with Crippen molar-refractivity contribution in [2.45, 2.75) is 56.7 Å². The van der Waals surface area contributed by atoms with Gasteiger partial charge in [0.25, 0.3) is 0 Å². The molecule has 2 fully saturated rings. The number of benzene rings is 1. The minimum absolute atomic E-state index is 0.155. The molecule has 0 radical (unpaired) electrons. The fourth-order valence-corrected chi connectivity index (χ4v) is 4.25. The summed E-state index contributed by atoms with van der Waals surface area (Å²) in [6, 6.07) is 7.60. The van der Waals surface area contributed by atoms with Crippen molar-refractivity contribution in [1.29, 1.82) is 0 Å². The molecule has 0 aliphatic carbocycles. The minimum atomic E-state index is -0.224. The fraction of sp³-hybridized carbons (Fsp3) is 0.500. The quantitative estimate of drug-likeness (QED) is 0.867. The van der Waals surface area contributed by atoms with E-state index in [0.29, 0.717) is 24.4 Å². The van der Waals surface area contributed by atoms with Crippen LogP contribution in [0.2, 0.25) is 0 Å². The van der Waals surface area contributed by atoms with E-state index >= 15 is 0 Å². The third-order valence-corrected chi connectivity index (χ3v) is 5.37. The molecule has 0 N–H and O–H groups in total. The van der Waals surface area contributed by atoms with Crippen LogP contribution in [-0.2, 0) is 11.2 Å². The predicted octanol–water partition coefficient (Wildman–Crippen LogP) is 2.74. The van der Waals surface area contributed by atoms with Gasteiger partial charge in [0.1, 0.15) is 18.5 Å². The summed E-state index contributed by atoms with van der Waals surface area (Å²) < 4.78 is 15.6. The molecule has 2 unspecified atom stereocenters. The molecule has 2 atom stereocenters. The van der Waals surface area contributed by atoms with Crippen LogP contribution in [0.25, 0.3) is 0 Å². The lowest BCUT2D eigenvalue weighted by Gasteiger charge is -2.39. The molecule has 2 bridgehead atoms. The van der Waals surface area contributed by atoms with Crippen molar-refractivity contribution < 1.29 is 9.18 Å². The molecular formula is C18H21FN4O. The Hall–Kier alpha value is -2.24. The molecule has 0 spiro atoms.